The first-order valence-corrected chi connectivity index (χ1v) is 9.03. The summed E-state index contributed by atoms with van der Waals surface area (Å²) in [6.07, 6.45) is 0.726. The van der Waals surface area contributed by atoms with Gasteiger partial charge < -0.3 is 20.5 Å². The quantitative estimate of drug-likeness (QED) is 0.590. The van der Waals surface area contributed by atoms with Crippen LogP contribution in [-0.4, -0.2) is 29.6 Å². The largest absolute Gasteiger partial charge is 0.480 e. The Hall–Kier alpha value is -2.86. The number of aliphatic carboxylic acids is 1. The third-order valence-corrected chi connectivity index (χ3v) is 3.92. The molecule has 1 atom stereocenters. The number of ether oxygens (including phenoxy) is 1. The summed E-state index contributed by atoms with van der Waals surface area (Å²) >= 11 is 0. The van der Waals surface area contributed by atoms with Crippen LogP contribution in [0.25, 0.3) is 0 Å². The van der Waals surface area contributed by atoms with Crippen molar-refractivity contribution >= 4 is 17.6 Å². The van der Waals surface area contributed by atoms with Gasteiger partial charge >= 0.3 is 5.97 Å². The predicted octanol–water partition coefficient (Wildman–Crippen LogP) is 3.90. The van der Waals surface area contributed by atoms with Crippen molar-refractivity contribution in [1.29, 1.82) is 0 Å². The van der Waals surface area contributed by atoms with Gasteiger partial charge in [0, 0.05) is 5.69 Å². The summed E-state index contributed by atoms with van der Waals surface area (Å²) in [6.45, 7) is 4.69. The Bertz CT molecular complexity index is 730. The molecule has 3 N–H and O–H groups in total. The first kappa shape index (κ1) is 20.5. The molecule has 0 bridgehead atoms. The molecule has 2 rings (SSSR count). The van der Waals surface area contributed by atoms with Crippen molar-refractivity contribution in [2.45, 2.75) is 32.7 Å². The third kappa shape index (κ3) is 7.50. The second-order valence-corrected chi connectivity index (χ2v) is 6.72. The Labute approximate surface area is 159 Å². The number of carbonyl (C=O) groups excluding carboxylic acids is 1. The van der Waals surface area contributed by atoms with Crippen molar-refractivity contribution in [2.75, 3.05) is 11.9 Å². The Kier molecular flexibility index (Phi) is 7.82. The van der Waals surface area contributed by atoms with Gasteiger partial charge in [0.1, 0.15) is 17.5 Å². The zero-order valence-electron chi connectivity index (χ0n) is 15.6. The zero-order valence-corrected chi connectivity index (χ0v) is 15.6. The Morgan fingerprint density at radius 3 is 2.22 bits per heavy atom. The van der Waals surface area contributed by atoms with Crippen molar-refractivity contribution in [2.24, 2.45) is 5.92 Å². The minimum atomic E-state index is -1.03. The van der Waals surface area contributed by atoms with Gasteiger partial charge in [0.05, 0.1) is 6.42 Å². The Morgan fingerprint density at radius 2 is 1.63 bits per heavy atom. The zero-order chi connectivity index (χ0) is 19.6. The van der Waals surface area contributed by atoms with Gasteiger partial charge in [-0.2, -0.15) is 0 Å². The van der Waals surface area contributed by atoms with Crippen LogP contribution in [0, 0.1) is 5.92 Å². The van der Waals surface area contributed by atoms with Crippen LogP contribution in [0.2, 0.25) is 0 Å². The van der Waals surface area contributed by atoms with Crippen molar-refractivity contribution in [3.63, 3.8) is 0 Å². The van der Waals surface area contributed by atoms with Gasteiger partial charge in [0.15, 0.2) is 0 Å². The number of hydrogen-bond acceptors (Lipinski definition) is 4. The molecule has 0 heterocycles. The number of hydrogen-bond donors (Lipinski definition) is 3. The molecule has 0 aliphatic carbocycles. The smallest absolute Gasteiger partial charge is 0.321 e. The molecule has 0 fully saturated rings. The van der Waals surface area contributed by atoms with E-state index in [4.69, 9.17) is 4.74 Å². The first-order chi connectivity index (χ1) is 12.9. The van der Waals surface area contributed by atoms with Gasteiger partial charge in [0.25, 0.3) is 0 Å². The normalized spacial score (nSPS) is 11.8. The second-order valence-electron chi connectivity index (χ2n) is 6.72. The highest BCUT2D eigenvalue weighted by Gasteiger charge is 2.20. The lowest BCUT2D eigenvalue weighted by Gasteiger charge is -2.15. The van der Waals surface area contributed by atoms with Crippen LogP contribution < -0.4 is 15.4 Å². The third-order valence-electron chi connectivity index (χ3n) is 3.92. The van der Waals surface area contributed by atoms with Crippen LogP contribution in [-0.2, 0) is 9.59 Å². The highest BCUT2D eigenvalue weighted by molar-refractivity contribution is 5.94. The number of carbonyl (C=O) groups is 2. The van der Waals surface area contributed by atoms with Crippen LogP contribution in [0.3, 0.4) is 0 Å². The fourth-order valence-corrected chi connectivity index (χ4v) is 2.42. The summed E-state index contributed by atoms with van der Waals surface area (Å²) in [7, 11) is 0. The second kappa shape index (κ2) is 10.3. The molecule has 2 aromatic carbocycles. The van der Waals surface area contributed by atoms with E-state index in [2.05, 4.69) is 24.5 Å². The molecule has 0 aliphatic heterocycles. The number of carboxylic acid groups (broad SMARTS) is 1. The van der Waals surface area contributed by atoms with E-state index >= 15 is 0 Å². The lowest BCUT2D eigenvalue weighted by molar-refractivity contribution is -0.141. The van der Waals surface area contributed by atoms with Gasteiger partial charge in [-0.25, -0.2) is 0 Å². The summed E-state index contributed by atoms with van der Waals surface area (Å²) in [5.74, 6) is 0.470. The fraction of sp³-hybridized carbons (Fsp3) is 0.333. The number of amides is 1. The number of carboxylic acids is 1. The predicted molar refractivity (Wildman–Crippen MR) is 105 cm³/mol. The number of nitrogens with one attached hydrogen (secondary N) is 2. The topological polar surface area (TPSA) is 87.7 Å². The highest BCUT2D eigenvalue weighted by Crippen LogP contribution is 2.22. The average molecular weight is 370 g/mol. The van der Waals surface area contributed by atoms with Gasteiger partial charge in [0.2, 0.25) is 5.91 Å². The molecule has 144 valence electrons. The number of para-hydroxylation sites is 1. The molecule has 0 spiro atoms. The summed E-state index contributed by atoms with van der Waals surface area (Å²) in [5.41, 5.74) is 0.590. The molecule has 0 aromatic heterocycles. The summed E-state index contributed by atoms with van der Waals surface area (Å²) < 4.78 is 5.70. The fourth-order valence-electron chi connectivity index (χ4n) is 2.42. The van der Waals surface area contributed by atoms with Gasteiger partial charge in [-0.05, 0) is 55.3 Å². The van der Waals surface area contributed by atoms with E-state index in [1.165, 1.54) is 0 Å². The molecule has 0 saturated carbocycles. The van der Waals surface area contributed by atoms with Gasteiger partial charge in [-0.1, -0.05) is 32.0 Å². The average Bonchev–Trinajstić information content (AvgIpc) is 2.63. The van der Waals surface area contributed by atoms with Crippen LogP contribution in [0.15, 0.2) is 54.6 Å². The van der Waals surface area contributed by atoms with Crippen LogP contribution in [0.4, 0.5) is 5.69 Å². The van der Waals surface area contributed by atoms with E-state index in [9.17, 15) is 14.7 Å². The van der Waals surface area contributed by atoms with Crippen molar-refractivity contribution in [1.82, 2.24) is 5.32 Å². The molecule has 1 unspecified atom stereocenters. The monoisotopic (exact) mass is 370 g/mol. The van der Waals surface area contributed by atoms with E-state index in [0.29, 0.717) is 23.9 Å². The van der Waals surface area contributed by atoms with E-state index in [1.807, 2.05) is 30.3 Å². The summed E-state index contributed by atoms with van der Waals surface area (Å²) in [6, 6.07) is 15.4. The van der Waals surface area contributed by atoms with Gasteiger partial charge in [-0.15, -0.1) is 0 Å². The molecule has 0 aliphatic rings. The van der Waals surface area contributed by atoms with Gasteiger partial charge in [-0.3, -0.25) is 9.59 Å². The van der Waals surface area contributed by atoms with Crippen molar-refractivity contribution in [3.05, 3.63) is 54.6 Å². The number of anilines is 1. The molecular formula is C21H26N2O4. The molecule has 1 amide bonds. The van der Waals surface area contributed by atoms with Crippen LogP contribution in [0.1, 0.15) is 26.7 Å². The SMILES string of the molecule is CC(C)CCNC(CC(=O)Nc1ccc(Oc2ccccc2)cc1)C(=O)O. The minimum absolute atomic E-state index is 0.129. The number of rotatable bonds is 10. The lowest BCUT2D eigenvalue weighted by atomic mass is 10.1. The summed E-state index contributed by atoms with van der Waals surface area (Å²) in [5, 5.41) is 14.9. The Balaban J connectivity index is 1.85. The molecule has 0 saturated heterocycles. The standard InChI is InChI=1S/C21H26N2O4/c1-15(2)12-13-22-19(21(25)26)14-20(24)23-16-8-10-18(11-9-16)27-17-6-4-3-5-7-17/h3-11,15,19,22H,12-14H2,1-2H3,(H,23,24)(H,25,26). The Morgan fingerprint density at radius 1 is 1.00 bits per heavy atom. The number of benzene rings is 2. The minimum Gasteiger partial charge on any atom is -0.480 e. The van der Waals surface area contributed by atoms with Crippen molar-refractivity contribution in [3.8, 4) is 11.5 Å². The maximum Gasteiger partial charge on any atom is 0.321 e. The van der Waals surface area contributed by atoms with E-state index in [0.717, 1.165) is 12.2 Å². The molecule has 6 heteroatoms. The lowest BCUT2D eigenvalue weighted by Crippen LogP contribution is -2.40. The van der Waals surface area contributed by atoms with E-state index < -0.39 is 12.0 Å². The first-order valence-electron chi connectivity index (χ1n) is 9.03. The molecule has 0 radical (unpaired) electrons. The summed E-state index contributed by atoms with van der Waals surface area (Å²) in [4.78, 5) is 23.5. The van der Waals surface area contributed by atoms with E-state index in [1.54, 1.807) is 24.3 Å². The molecule has 2 aromatic rings. The van der Waals surface area contributed by atoms with Crippen molar-refractivity contribution < 1.29 is 19.4 Å². The highest BCUT2D eigenvalue weighted by atomic mass is 16.5. The molecule has 6 nitrogen and oxygen atoms in total. The maximum atomic E-state index is 12.2. The van der Waals surface area contributed by atoms with Crippen LogP contribution >= 0.6 is 0 Å². The maximum absolute atomic E-state index is 12.2. The van der Waals surface area contributed by atoms with E-state index in [-0.39, 0.29) is 12.3 Å². The molecular weight excluding hydrogens is 344 g/mol. The van der Waals surface area contributed by atoms with Crippen LogP contribution in [0.5, 0.6) is 11.5 Å². The molecule has 27 heavy (non-hydrogen) atoms.